The zero-order valence-corrected chi connectivity index (χ0v) is 42.6. The molecule has 19 heteroatoms. The maximum absolute atomic E-state index is 15.0. The van der Waals surface area contributed by atoms with Crippen molar-refractivity contribution in [2.45, 2.75) is 83.5 Å². The minimum absolute atomic E-state index is 0.0533. The number of nitrogens with zero attached hydrogens (tertiary/aromatic N) is 6. The average Bonchev–Trinajstić information content (AvgIpc) is 4.26. The Balaban J connectivity index is 1.04. The van der Waals surface area contributed by atoms with Crippen LogP contribution in [0.1, 0.15) is 69.1 Å². The Hall–Kier alpha value is -6.77. The lowest BCUT2D eigenvalue weighted by molar-refractivity contribution is -0.145. The fourth-order valence-corrected chi connectivity index (χ4v) is 11.2. The van der Waals surface area contributed by atoms with Gasteiger partial charge in [0.15, 0.2) is 0 Å². The number of H-pyrrole nitrogens is 1. The van der Waals surface area contributed by atoms with Crippen molar-refractivity contribution in [1.82, 2.24) is 40.0 Å². The number of alkyl halides is 1. The average molecular weight is 1020 g/mol. The van der Waals surface area contributed by atoms with Gasteiger partial charge in [0.2, 0.25) is 24.5 Å². The van der Waals surface area contributed by atoms with Gasteiger partial charge in [-0.05, 0) is 89.9 Å². The molecule has 3 amide bonds. The highest BCUT2D eigenvalue weighted by molar-refractivity contribution is 7.15. The van der Waals surface area contributed by atoms with Crippen molar-refractivity contribution in [3.05, 3.63) is 114 Å². The van der Waals surface area contributed by atoms with Crippen LogP contribution < -0.4 is 21.1 Å². The largest absolute Gasteiger partial charge is 0.464 e. The third-order valence-electron chi connectivity index (χ3n) is 14.1. The number of aliphatic hydroxyl groups is 1. The third kappa shape index (κ3) is 10.4. The van der Waals surface area contributed by atoms with Gasteiger partial charge in [-0.3, -0.25) is 29.4 Å². The van der Waals surface area contributed by atoms with E-state index in [1.807, 2.05) is 81.1 Å². The number of aliphatic hydroxyl groups excluding tert-OH is 1. The second kappa shape index (κ2) is 21.8. The molecule has 8 atom stereocenters. The van der Waals surface area contributed by atoms with Gasteiger partial charge in [-0.15, -0.1) is 17.9 Å². The number of pyridine rings is 1. The van der Waals surface area contributed by atoms with Crippen LogP contribution in [0.25, 0.3) is 43.9 Å². The number of thiophene rings is 1. The van der Waals surface area contributed by atoms with Gasteiger partial charge < -0.3 is 45.2 Å². The SMILES string of the molecule is C=CC1CC(c2ncc(-c3ccc4c(c3)OC(c3ccc(-c5ccncc5)s3)n3c-4cc4cc(C(CN)=NCC5CC(F)CN5C(=O)C(NC(=O)OC)C(C)C)ccc43)[nH]2)N(C(=O)C(NC(O)OC)C(C)C)C1. The van der Waals surface area contributed by atoms with Gasteiger partial charge in [0, 0.05) is 60.4 Å². The molecule has 6 aromatic rings. The lowest BCUT2D eigenvalue weighted by Crippen LogP contribution is -2.53. The molecule has 0 bridgehead atoms. The number of nitrogens with one attached hydrogen (secondary N) is 3. The number of ether oxygens (including phenoxy) is 3. The molecule has 384 valence electrons. The first kappa shape index (κ1) is 51.1. The van der Waals surface area contributed by atoms with E-state index < -0.39 is 43.0 Å². The van der Waals surface area contributed by atoms with Crippen LogP contribution in [0.2, 0.25) is 0 Å². The Bertz CT molecular complexity index is 3010. The van der Waals surface area contributed by atoms with E-state index >= 15 is 4.39 Å². The molecule has 0 aliphatic carbocycles. The number of alkyl carbamates (subject to hydrolysis) is 1. The molecule has 6 N–H and O–H groups in total. The van der Waals surface area contributed by atoms with Gasteiger partial charge in [-0.1, -0.05) is 45.9 Å². The molecule has 8 unspecified atom stereocenters. The van der Waals surface area contributed by atoms with Crippen LogP contribution in [0.3, 0.4) is 0 Å². The van der Waals surface area contributed by atoms with Gasteiger partial charge in [-0.2, -0.15) is 0 Å². The summed E-state index contributed by atoms with van der Waals surface area (Å²) in [6, 6.07) is 20.0. The molecule has 17 nitrogen and oxygen atoms in total. The molecule has 0 saturated carbocycles. The van der Waals surface area contributed by atoms with Crippen LogP contribution in [0.4, 0.5) is 9.18 Å². The highest BCUT2D eigenvalue weighted by Gasteiger charge is 2.42. The summed E-state index contributed by atoms with van der Waals surface area (Å²) in [4.78, 5) is 62.8. The quantitative estimate of drug-likeness (QED) is 0.0344. The summed E-state index contributed by atoms with van der Waals surface area (Å²) in [6.07, 6.45) is 4.17. The van der Waals surface area contributed by atoms with E-state index in [-0.39, 0.29) is 61.7 Å². The first-order valence-electron chi connectivity index (χ1n) is 24.6. The number of amides is 3. The summed E-state index contributed by atoms with van der Waals surface area (Å²) in [6.45, 7) is 12.1. The normalized spacial score (nSPS) is 21.0. The highest BCUT2D eigenvalue weighted by Crippen LogP contribution is 2.47. The Kier molecular flexibility index (Phi) is 15.2. The first-order chi connectivity index (χ1) is 35.2. The molecule has 2 saturated heterocycles. The summed E-state index contributed by atoms with van der Waals surface area (Å²) in [5.41, 5.74) is 13.2. The molecule has 73 heavy (non-hydrogen) atoms. The number of carbonyl (C=O) groups excluding carboxylic acids is 3. The van der Waals surface area contributed by atoms with E-state index in [9.17, 15) is 19.5 Å². The number of aliphatic imine (C=N–C) groups is 1. The number of benzene rings is 2. The van der Waals surface area contributed by atoms with E-state index in [0.29, 0.717) is 30.3 Å². The van der Waals surface area contributed by atoms with Crippen molar-refractivity contribution in [1.29, 1.82) is 0 Å². The molecule has 2 fully saturated rings. The number of fused-ring (bicyclic) bond motifs is 5. The molecule has 3 aliphatic heterocycles. The monoisotopic (exact) mass is 1010 g/mol. The summed E-state index contributed by atoms with van der Waals surface area (Å²) < 4.78 is 34.1. The van der Waals surface area contributed by atoms with Crippen molar-refractivity contribution < 1.29 is 38.1 Å². The Morgan fingerprint density at radius 3 is 2.47 bits per heavy atom. The topological polar surface area (TPSA) is 215 Å². The van der Waals surface area contributed by atoms with E-state index in [1.165, 1.54) is 19.1 Å². The fourth-order valence-electron chi connectivity index (χ4n) is 10.2. The van der Waals surface area contributed by atoms with Crippen molar-refractivity contribution >= 4 is 45.9 Å². The van der Waals surface area contributed by atoms with Gasteiger partial charge in [0.05, 0.1) is 72.0 Å². The molecule has 4 aromatic heterocycles. The molecule has 0 spiro atoms. The predicted octanol–water partition coefficient (Wildman–Crippen LogP) is 7.44. The molecule has 2 aromatic carbocycles. The van der Waals surface area contributed by atoms with Gasteiger partial charge in [0.1, 0.15) is 23.8 Å². The predicted molar refractivity (Wildman–Crippen MR) is 278 cm³/mol. The molecular weight excluding hydrogens is 952 g/mol. The fraction of sp³-hybridized carbons (Fsp3) is 0.407. The van der Waals surface area contributed by atoms with Crippen LogP contribution >= 0.6 is 11.3 Å². The standard InChI is InChI=1S/C54H63FN10O7S/c1-8-31-19-43(64(27-31)51(67)48(30(4)5)62-54(69)71-7)49-59-26-40(60-49)34-9-11-38-42-21-35-20-33(39(24-56)58-25-37-23-36(55)28-63(37)50(66)47(29(2)3)61-53(68)70-6)10-12-41(35)65(42)52(72-44(38)22-34)46-14-13-45(73-46)32-15-17-57-18-16-32/h8-18,20-22,26,29-31,36-37,43,47-48,52,54,62,69H,1,19,23-25,27-28,56H2,2-7H3,(H,59,60)(H,61,68). The van der Waals surface area contributed by atoms with E-state index in [1.54, 1.807) is 29.9 Å². The Morgan fingerprint density at radius 1 is 0.986 bits per heavy atom. The lowest BCUT2D eigenvalue weighted by Gasteiger charge is -2.31. The number of hydrogen-bond acceptors (Lipinski definition) is 13. The third-order valence-corrected chi connectivity index (χ3v) is 15.3. The summed E-state index contributed by atoms with van der Waals surface area (Å²) in [7, 11) is 2.61. The number of likely N-dealkylation sites (tertiary alicyclic amines) is 2. The number of nitrogens with two attached hydrogens (primary N) is 1. The number of aromatic amines is 1. The minimum Gasteiger partial charge on any atom is -0.464 e. The second-order valence-corrected chi connectivity index (χ2v) is 20.6. The number of hydrogen-bond donors (Lipinski definition) is 5. The number of halogens is 1. The van der Waals surface area contributed by atoms with Crippen LogP contribution in [-0.2, 0) is 19.1 Å². The minimum atomic E-state index is -1.29. The van der Waals surface area contributed by atoms with Crippen LogP contribution in [0.15, 0.2) is 103 Å². The Morgan fingerprint density at radius 2 is 1.75 bits per heavy atom. The van der Waals surface area contributed by atoms with Gasteiger partial charge in [-0.25, -0.2) is 14.2 Å². The summed E-state index contributed by atoms with van der Waals surface area (Å²) in [5.74, 6) is 0.445. The van der Waals surface area contributed by atoms with Crippen molar-refractivity contribution in [3.63, 3.8) is 0 Å². The molecule has 0 radical (unpaired) electrons. The van der Waals surface area contributed by atoms with E-state index in [2.05, 4.69) is 56.0 Å². The molecular formula is C54H63FN10O7S. The van der Waals surface area contributed by atoms with E-state index in [4.69, 9.17) is 29.9 Å². The van der Waals surface area contributed by atoms with Gasteiger partial charge >= 0.3 is 6.09 Å². The maximum Gasteiger partial charge on any atom is 0.407 e. The number of aromatic nitrogens is 4. The molecule has 9 rings (SSSR count). The second-order valence-electron chi connectivity index (χ2n) is 19.5. The van der Waals surface area contributed by atoms with Gasteiger partial charge in [0.25, 0.3) is 0 Å². The van der Waals surface area contributed by atoms with Crippen LogP contribution in [-0.4, -0.2) is 129 Å². The summed E-state index contributed by atoms with van der Waals surface area (Å²) in [5, 5.41) is 16.7. The zero-order valence-electron chi connectivity index (χ0n) is 41.8. The summed E-state index contributed by atoms with van der Waals surface area (Å²) >= 11 is 1.64. The maximum atomic E-state index is 15.0. The highest BCUT2D eigenvalue weighted by atomic mass is 32.1. The Labute approximate surface area is 427 Å². The zero-order chi connectivity index (χ0) is 51.7. The number of carbonyl (C=O) groups is 3. The molecule has 7 heterocycles. The first-order valence-corrected chi connectivity index (χ1v) is 25.5. The van der Waals surface area contributed by atoms with Crippen molar-refractivity contribution in [2.24, 2.45) is 28.5 Å². The number of imidazole rings is 1. The van der Waals surface area contributed by atoms with Crippen molar-refractivity contribution in [2.75, 3.05) is 40.4 Å². The lowest BCUT2D eigenvalue weighted by atomic mass is 10.0. The smallest absolute Gasteiger partial charge is 0.407 e. The van der Waals surface area contributed by atoms with E-state index in [0.717, 1.165) is 54.3 Å². The van der Waals surface area contributed by atoms with Crippen molar-refractivity contribution in [3.8, 4) is 38.7 Å². The van der Waals surface area contributed by atoms with Crippen LogP contribution in [0.5, 0.6) is 5.75 Å². The molecule has 3 aliphatic rings. The van der Waals surface area contributed by atoms with Crippen LogP contribution in [0, 0.1) is 17.8 Å². The number of methoxy groups -OCH3 is 2. The number of rotatable bonds is 17.